The van der Waals surface area contributed by atoms with Crippen molar-refractivity contribution in [2.24, 2.45) is 5.10 Å². The summed E-state index contributed by atoms with van der Waals surface area (Å²) in [6.45, 7) is 1.76. The fourth-order valence-electron chi connectivity index (χ4n) is 3.24. The van der Waals surface area contributed by atoms with Crippen LogP contribution in [0.2, 0.25) is 10.0 Å². The van der Waals surface area contributed by atoms with Crippen LogP contribution in [0.3, 0.4) is 0 Å². The van der Waals surface area contributed by atoms with Crippen LogP contribution >= 0.6 is 39.1 Å². The van der Waals surface area contributed by atoms with E-state index in [-0.39, 0.29) is 16.5 Å². The van der Waals surface area contributed by atoms with Gasteiger partial charge in [-0.1, -0.05) is 45.2 Å². The van der Waals surface area contributed by atoms with Crippen molar-refractivity contribution < 1.29 is 22.7 Å². The number of carbonyl (C=O) groups excluding carboxylic acids is 1. The number of carbonyl (C=O) groups is 1. The minimum atomic E-state index is -4.04. The SMILES string of the molecule is CCOc1ccc(/C=N/NC(=O)CN(Cc2ccc(Cl)c(Cl)c2)S(=O)(=O)c2ccc(Br)cc2)cc1OC. The van der Waals surface area contributed by atoms with Crippen LogP contribution in [0.15, 0.2) is 75.1 Å². The Balaban J connectivity index is 1.79. The molecule has 0 aliphatic heterocycles. The average Bonchev–Trinajstić information content (AvgIpc) is 2.87. The molecule has 0 aliphatic carbocycles. The van der Waals surface area contributed by atoms with Gasteiger partial charge in [-0.25, -0.2) is 13.8 Å². The molecule has 0 fully saturated rings. The Bertz CT molecular complexity index is 1390. The molecule has 3 aromatic rings. The fourth-order valence-corrected chi connectivity index (χ4v) is 5.21. The van der Waals surface area contributed by atoms with Crippen LogP contribution in [0.4, 0.5) is 0 Å². The van der Waals surface area contributed by atoms with E-state index in [2.05, 4.69) is 26.5 Å². The Morgan fingerprint density at radius 1 is 1.05 bits per heavy atom. The normalized spacial score (nSPS) is 11.6. The third-order valence-electron chi connectivity index (χ3n) is 5.00. The number of hydrazone groups is 1. The lowest BCUT2D eigenvalue weighted by molar-refractivity contribution is -0.121. The Hall–Kier alpha value is -2.63. The summed E-state index contributed by atoms with van der Waals surface area (Å²) in [5, 5.41) is 4.57. The van der Waals surface area contributed by atoms with Crippen LogP contribution in [0.1, 0.15) is 18.1 Å². The molecule has 8 nitrogen and oxygen atoms in total. The number of methoxy groups -OCH3 is 1. The zero-order valence-electron chi connectivity index (χ0n) is 19.9. The van der Waals surface area contributed by atoms with E-state index < -0.39 is 22.5 Å². The van der Waals surface area contributed by atoms with Crippen molar-refractivity contribution in [2.45, 2.75) is 18.4 Å². The van der Waals surface area contributed by atoms with E-state index >= 15 is 0 Å². The number of sulfonamides is 1. The Kier molecular flexibility index (Phi) is 10.4. The summed E-state index contributed by atoms with van der Waals surface area (Å²) in [5.74, 6) is 0.475. The molecule has 0 aromatic heterocycles. The van der Waals surface area contributed by atoms with E-state index in [1.807, 2.05) is 6.92 Å². The first kappa shape index (κ1) is 28.9. The highest BCUT2D eigenvalue weighted by atomic mass is 79.9. The summed E-state index contributed by atoms with van der Waals surface area (Å²) in [7, 11) is -2.51. The Morgan fingerprint density at radius 3 is 2.43 bits per heavy atom. The molecule has 12 heteroatoms. The number of nitrogens with zero attached hydrogens (tertiary/aromatic N) is 2. The number of nitrogens with one attached hydrogen (secondary N) is 1. The first-order valence-corrected chi connectivity index (χ1v) is 13.9. The van der Waals surface area contributed by atoms with Crippen LogP contribution in [0.5, 0.6) is 11.5 Å². The van der Waals surface area contributed by atoms with E-state index in [4.69, 9.17) is 32.7 Å². The van der Waals surface area contributed by atoms with E-state index in [1.165, 1.54) is 25.5 Å². The molecule has 196 valence electrons. The minimum Gasteiger partial charge on any atom is -0.493 e. The highest BCUT2D eigenvalue weighted by Crippen LogP contribution is 2.28. The topological polar surface area (TPSA) is 97.3 Å². The van der Waals surface area contributed by atoms with E-state index in [0.717, 1.165) is 8.78 Å². The summed E-state index contributed by atoms with van der Waals surface area (Å²) >= 11 is 15.4. The van der Waals surface area contributed by atoms with Gasteiger partial charge in [-0.05, 0) is 72.6 Å². The fraction of sp³-hybridized carbons (Fsp3) is 0.200. The largest absolute Gasteiger partial charge is 0.493 e. The van der Waals surface area contributed by atoms with Crippen molar-refractivity contribution in [3.05, 3.63) is 86.3 Å². The third-order valence-corrected chi connectivity index (χ3v) is 8.08. The van der Waals surface area contributed by atoms with Gasteiger partial charge in [-0.15, -0.1) is 0 Å². The molecular weight excluding hydrogens is 605 g/mol. The molecule has 1 N–H and O–H groups in total. The van der Waals surface area contributed by atoms with Gasteiger partial charge in [0.2, 0.25) is 10.0 Å². The van der Waals surface area contributed by atoms with Crippen LogP contribution in [0.25, 0.3) is 0 Å². The van der Waals surface area contributed by atoms with Crippen molar-refractivity contribution in [1.82, 2.24) is 9.73 Å². The molecule has 0 radical (unpaired) electrons. The van der Waals surface area contributed by atoms with E-state index in [0.29, 0.717) is 34.3 Å². The Labute approximate surface area is 234 Å². The van der Waals surface area contributed by atoms with Gasteiger partial charge in [0.1, 0.15) is 0 Å². The summed E-state index contributed by atoms with van der Waals surface area (Å²) < 4.78 is 39.3. The lowest BCUT2D eigenvalue weighted by Gasteiger charge is -2.22. The zero-order valence-corrected chi connectivity index (χ0v) is 23.9. The molecule has 0 aliphatic rings. The lowest BCUT2D eigenvalue weighted by Crippen LogP contribution is -2.39. The molecule has 0 unspecified atom stereocenters. The summed E-state index contributed by atoms with van der Waals surface area (Å²) in [4.78, 5) is 12.8. The van der Waals surface area contributed by atoms with Crippen LogP contribution in [0, 0.1) is 0 Å². The van der Waals surface area contributed by atoms with Gasteiger partial charge in [-0.2, -0.15) is 9.41 Å². The van der Waals surface area contributed by atoms with Gasteiger partial charge < -0.3 is 9.47 Å². The molecule has 0 saturated carbocycles. The second-order valence-electron chi connectivity index (χ2n) is 7.61. The lowest BCUT2D eigenvalue weighted by atomic mass is 10.2. The number of hydrogen-bond donors (Lipinski definition) is 1. The number of hydrogen-bond acceptors (Lipinski definition) is 6. The maximum absolute atomic E-state index is 13.4. The maximum Gasteiger partial charge on any atom is 0.255 e. The molecule has 3 aromatic carbocycles. The van der Waals surface area contributed by atoms with Gasteiger partial charge in [0.15, 0.2) is 11.5 Å². The number of amides is 1. The number of rotatable bonds is 11. The average molecular weight is 629 g/mol. The van der Waals surface area contributed by atoms with Crippen molar-refractivity contribution in [3.8, 4) is 11.5 Å². The van der Waals surface area contributed by atoms with Crippen molar-refractivity contribution >= 4 is 61.3 Å². The quantitative estimate of drug-likeness (QED) is 0.223. The molecule has 0 atom stereocenters. The van der Waals surface area contributed by atoms with Crippen LogP contribution < -0.4 is 14.9 Å². The second kappa shape index (κ2) is 13.3. The number of ether oxygens (including phenoxy) is 2. The standard InChI is InChI=1S/C25H24BrCl2N3O5S/c1-3-36-23-11-5-17(13-24(23)35-2)14-29-30-25(32)16-31(15-18-4-10-21(27)22(28)12-18)37(33,34)20-8-6-19(26)7-9-20/h4-14H,3,15-16H2,1-2H3,(H,30,32)/b29-14+. The minimum absolute atomic E-state index is 0.0357. The van der Waals surface area contributed by atoms with E-state index in [1.54, 1.807) is 48.5 Å². The third kappa shape index (κ3) is 7.93. The molecule has 3 rings (SSSR count). The summed E-state index contributed by atoms with van der Waals surface area (Å²) in [5.41, 5.74) is 3.59. The molecule has 37 heavy (non-hydrogen) atoms. The summed E-state index contributed by atoms with van der Waals surface area (Å²) in [6.07, 6.45) is 1.42. The molecular formula is C25H24BrCl2N3O5S. The molecule has 0 heterocycles. The molecule has 0 spiro atoms. The molecule has 0 saturated heterocycles. The van der Waals surface area contributed by atoms with Crippen LogP contribution in [-0.2, 0) is 21.4 Å². The van der Waals surface area contributed by atoms with Gasteiger partial charge in [0, 0.05) is 11.0 Å². The van der Waals surface area contributed by atoms with E-state index in [9.17, 15) is 13.2 Å². The van der Waals surface area contributed by atoms with Crippen molar-refractivity contribution in [1.29, 1.82) is 0 Å². The number of halogens is 3. The second-order valence-corrected chi connectivity index (χ2v) is 11.3. The predicted octanol–water partition coefficient (Wildman–Crippen LogP) is 5.50. The van der Waals surface area contributed by atoms with Crippen LogP contribution in [-0.4, -0.2) is 45.1 Å². The molecule has 1 amide bonds. The maximum atomic E-state index is 13.4. The zero-order chi connectivity index (χ0) is 27.0. The first-order valence-electron chi connectivity index (χ1n) is 11.0. The Morgan fingerprint density at radius 2 is 1.78 bits per heavy atom. The van der Waals surface area contributed by atoms with Crippen molar-refractivity contribution in [2.75, 3.05) is 20.3 Å². The predicted molar refractivity (Wildman–Crippen MR) is 148 cm³/mol. The monoisotopic (exact) mass is 627 g/mol. The van der Waals surface area contributed by atoms with Gasteiger partial charge >= 0.3 is 0 Å². The van der Waals surface area contributed by atoms with Gasteiger partial charge in [0.05, 0.1) is 41.4 Å². The van der Waals surface area contributed by atoms with Gasteiger partial charge in [0.25, 0.3) is 5.91 Å². The molecule has 0 bridgehead atoms. The highest BCUT2D eigenvalue weighted by molar-refractivity contribution is 9.10. The summed E-state index contributed by atoms with van der Waals surface area (Å²) in [6, 6.07) is 16.1. The highest BCUT2D eigenvalue weighted by Gasteiger charge is 2.27. The smallest absolute Gasteiger partial charge is 0.255 e. The number of benzene rings is 3. The van der Waals surface area contributed by atoms with Gasteiger partial charge in [-0.3, -0.25) is 4.79 Å². The van der Waals surface area contributed by atoms with Crippen molar-refractivity contribution in [3.63, 3.8) is 0 Å². The first-order chi connectivity index (χ1) is 17.6.